The Morgan fingerprint density at radius 3 is 1.58 bits per heavy atom. The first kappa shape index (κ1) is 67.9. The fourth-order valence-corrected chi connectivity index (χ4v) is 8.79. The number of halogens is 3. The summed E-state index contributed by atoms with van der Waals surface area (Å²) in [6, 6.07) is 0. The highest BCUT2D eigenvalue weighted by Crippen LogP contribution is 2.24. The minimum absolute atomic E-state index is 0. The van der Waals surface area contributed by atoms with Crippen molar-refractivity contribution in [3.63, 3.8) is 0 Å². The average molecular weight is 1150 g/mol. The van der Waals surface area contributed by atoms with E-state index in [1.165, 1.54) is 29.8 Å². The van der Waals surface area contributed by atoms with Gasteiger partial charge in [0.05, 0.1) is 80.5 Å². The van der Waals surface area contributed by atoms with E-state index in [1.807, 2.05) is 38.5 Å². The van der Waals surface area contributed by atoms with Crippen molar-refractivity contribution in [2.75, 3.05) is 40.1 Å². The number of methoxy groups -OCH3 is 1. The third kappa shape index (κ3) is 27.7. The Bertz CT molecular complexity index is 2620. The molecule has 7 rings (SSSR count). The lowest BCUT2D eigenvalue weighted by Gasteiger charge is -1.97. The third-order valence-electron chi connectivity index (χ3n) is 7.64. The van der Waals surface area contributed by atoms with Gasteiger partial charge in [-0.15, -0.1) is 45.3 Å². The second kappa shape index (κ2) is 37.6. The number of carbonyl (C=O) groups is 4. The Morgan fingerprint density at radius 1 is 0.630 bits per heavy atom. The Morgan fingerprint density at radius 2 is 1.18 bits per heavy atom. The SMILES string of the molecule is C.CCOC(=O)Cc1csc(C)n1.CCOC(=O)c1csc(C)n1.CCOC(=O)c1nc(C)sc1F.COC(=O)c1nc(C)sc1Cl.Cc1nc(CCO)c(C)o1.Cc1nc(CCO)c(F)s1.Cc1nccs1. The predicted molar refractivity (Wildman–Crippen MR) is 284 cm³/mol. The number of aryl methyl sites for hydroxylation is 8. The lowest BCUT2D eigenvalue weighted by atomic mass is 10.3. The zero-order chi connectivity index (χ0) is 54.3. The van der Waals surface area contributed by atoms with E-state index in [-0.39, 0.29) is 62.1 Å². The summed E-state index contributed by atoms with van der Waals surface area (Å²) < 4.78 is 49.6. The standard InChI is InChI=1S/C8H11NO2S.C7H8FNO2S.C7H9NO2S.C7H11NO2.C6H6ClNO2S.C6H8FNOS.C4H5NS.CH4/c1-3-11-8(10)4-7-5-12-6(2)9-7;1-3-11-7(10)5-6(8)12-4(2)9-5;1-3-10-7(9)6-4-11-5(2)8-6;1-5-7(3-4-9)8-6(2)10-5;1-3-8-4(5(7)11-3)6(9)10-2;1-4-8-5(2-3-9)6(7)10-4;1-4-5-2-3-6-4;/h5H,3-4H2,1-2H3;3H2,1-2H3;4H,3H2,1-2H3;9H,3-4H2,1-2H3;1-2H3;9H,2-3H2,1H3;2-3H,1H3;1H4. The number of ether oxygens (including phenoxy) is 4. The van der Waals surface area contributed by atoms with Crippen LogP contribution in [0.3, 0.4) is 0 Å². The van der Waals surface area contributed by atoms with Crippen molar-refractivity contribution in [3.05, 3.63) is 113 Å². The van der Waals surface area contributed by atoms with Gasteiger partial charge in [0, 0.05) is 55.3 Å². The molecule has 0 amide bonds. The number of thiazole rings is 6. The average Bonchev–Trinajstić information content (AvgIpc) is 4.22. The number of aliphatic hydroxyl groups is 2. The molecule has 2 N–H and O–H groups in total. The minimum Gasteiger partial charge on any atom is -0.466 e. The quantitative estimate of drug-likeness (QED) is 0.0852. The fraction of sp³-hybridized carbons (Fsp3) is 0.457. The predicted octanol–water partition coefficient (Wildman–Crippen LogP) is 10.9. The smallest absolute Gasteiger partial charge is 0.360 e. The third-order valence-corrected chi connectivity index (χ3v) is 12.7. The number of hydrogen-bond acceptors (Lipinski definition) is 24. The number of aliphatic hydroxyl groups excluding tert-OH is 2. The van der Waals surface area contributed by atoms with Gasteiger partial charge in [-0.3, -0.25) is 9.78 Å². The molecule has 0 atom stereocenters. The van der Waals surface area contributed by atoms with Crippen LogP contribution in [0.2, 0.25) is 4.34 Å². The summed E-state index contributed by atoms with van der Waals surface area (Å²) in [6.07, 6.45) is 3.00. The Balaban J connectivity index is 0.000000832. The molecule has 7 aromatic rings. The molecule has 0 bridgehead atoms. The van der Waals surface area contributed by atoms with E-state index >= 15 is 0 Å². The fourth-order valence-electron chi connectivity index (χ4n) is 4.77. The van der Waals surface area contributed by atoms with Gasteiger partial charge in [-0.2, -0.15) is 8.78 Å². The van der Waals surface area contributed by atoms with E-state index in [2.05, 4.69) is 44.4 Å². The van der Waals surface area contributed by atoms with Gasteiger partial charge in [-0.1, -0.05) is 41.7 Å². The molecule has 73 heavy (non-hydrogen) atoms. The van der Waals surface area contributed by atoms with E-state index in [0.29, 0.717) is 57.7 Å². The molecule has 0 aliphatic rings. The van der Waals surface area contributed by atoms with Gasteiger partial charge in [0.2, 0.25) is 5.13 Å². The summed E-state index contributed by atoms with van der Waals surface area (Å²) in [5, 5.41) is 26.7. The lowest BCUT2D eigenvalue weighted by molar-refractivity contribution is -0.142. The van der Waals surface area contributed by atoms with Crippen molar-refractivity contribution >= 4 is 103 Å². The zero-order valence-electron chi connectivity index (χ0n) is 41.7. The van der Waals surface area contributed by atoms with Gasteiger partial charge in [-0.05, 0) is 69.2 Å². The number of nitrogens with zero attached hydrogens (tertiary/aromatic N) is 7. The molecule has 27 heteroatoms. The summed E-state index contributed by atoms with van der Waals surface area (Å²) in [6.45, 7) is 21.0. The highest BCUT2D eigenvalue weighted by molar-refractivity contribution is 7.16. The maximum absolute atomic E-state index is 12.8. The van der Waals surface area contributed by atoms with Crippen LogP contribution < -0.4 is 0 Å². The zero-order valence-corrected chi connectivity index (χ0v) is 47.4. The number of hydrogen-bond donors (Lipinski definition) is 2. The Labute approximate surface area is 452 Å². The van der Waals surface area contributed by atoms with Crippen LogP contribution >= 0.6 is 79.6 Å². The molecule has 0 aromatic carbocycles. The number of aromatic nitrogens is 7. The highest BCUT2D eigenvalue weighted by atomic mass is 35.5. The number of rotatable bonds is 12. The van der Waals surface area contributed by atoms with Crippen LogP contribution in [-0.4, -0.2) is 109 Å². The maximum atomic E-state index is 12.8. The van der Waals surface area contributed by atoms with Crippen LogP contribution in [0.4, 0.5) is 8.78 Å². The maximum Gasteiger partial charge on any atom is 0.360 e. The second-order valence-corrected chi connectivity index (χ2v) is 20.8. The van der Waals surface area contributed by atoms with E-state index < -0.39 is 17.1 Å². The van der Waals surface area contributed by atoms with Gasteiger partial charge in [0.1, 0.15) is 10.1 Å². The number of esters is 4. The first-order valence-corrected chi connectivity index (χ1v) is 26.9. The molecular weight excluding hydrogens is 1090 g/mol. The van der Waals surface area contributed by atoms with Crippen LogP contribution in [0.1, 0.15) is 118 Å². The lowest BCUT2D eigenvalue weighted by Crippen LogP contribution is -2.07. The van der Waals surface area contributed by atoms with Gasteiger partial charge >= 0.3 is 23.9 Å². The summed E-state index contributed by atoms with van der Waals surface area (Å²) >= 11 is 13.5. The molecule has 0 unspecified atom stereocenters. The van der Waals surface area contributed by atoms with Crippen molar-refractivity contribution in [2.24, 2.45) is 0 Å². The van der Waals surface area contributed by atoms with Crippen LogP contribution in [0.15, 0.2) is 26.8 Å². The van der Waals surface area contributed by atoms with Gasteiger partial charge in [0.25, 0.3) is 0 Å². The molecule has 0 aliphatic heterocycles. The monoisotopic (exact) mass is 1150 g/mol. The van der Waals surface area contributed by atoms with Gasteiger partial charge in [0.15, 0.2) is 28.1 Å². The van der Waals surface area contributed by atoms with Crippen LogP contribution in [0.5, 0.6) is 0 Å². The largest absolute Gasteiger partial charge is 0.466 e. The van der Waals surface area contributed by atoms with E-state index in [4.69, 9.17) is 35.7 Å². The topological polar surface area (TPSA) is 249 Å². The molecular formula is C46H62ClF2N7O11S6. The van der Waals surface area contributed by atoms with Gasteiger partial charge < -0.3 is 33.6 Å². The Kier molecular flexibility index (Phi) is 35.0. The molecule has 18 nitrogen and oxygen atoms in total. The molecule has 0 fully saturated rings. The summed E-state index contributed by atoms with van der Waals surface area (Å²) in [5.41, 5.74) is 2.45. The molecule has 0 radical (unpaired) electrons. The van der Waals surface area contributed by atoms with Crippen molar-refractivity contribution in [3.8, 4) is 0 Å². The molecule has 0 aliphatic carbocycles. The van der Waals surface area contributed by atoms with Crippen molar-refractivity contribution < 1.29 is 61.5 Å². The Hall–Kier alpha value is -5.06. The minimum atomic E-state index is -0.695. The normalized spacial score (nSPS) is 9.71. The molecule has 0 saturated carbocycles. The summed E-state index contributed by atoms with van der Waals surface area (Å²) in [4.78, 5) is 71.4. The molecule has 7 aromatic heterocycles. The van der Waals surface area contributed by atoms with Crippen molar-refractivity contribution in [2.45, 2.75) is 103 Å². The molecule has 0 saturated heterocycles. The van der Waals surface area contributed by atoms with Crippen LogP contribution in [0.25, 0.3) is 0 Å². The number of carbonyl (C=O) groups excluding carboxylic acids is 4. The molecule has 0 spiro atoms. The van der Waals surface area contributed by atoms with E-state index in [1.54, 1.807) is 82.7 Å². The van der Waals surface area contributed by atoms with Crippen molar-refractivity contribution in [1.29, 1.82) is 0 Å². The summed E-state index contributed by atoms with van der Waals surface area (Å²) in [7, 11) is 1.30. The molecule has 7 heterocycles. The van der Waals surface area contributed by atoms with Crippen LogP contribution in [0, 0.1) is 65.7 Å². The first-order valence-electron chi connectivity index (χ1n) is 21.4. The second-order valence-electron chi connectivity index (χ2n) is 13.4. The van der Waals surface area contributed by atoms with E-state index in [9.17, 15) is 28.0 Å². The van der Waals surface area contributed by atoms with Crippen molar-refractivity contribution in [1.82, 2.24) is 34.9 Å². The van der Waals surface area contributed by atoms with E-state index in [0.717, 1.165) is 59.9 Å². The van der Waals surface area contributed by atoms with Gasteiger partial charge in [-0.25, -0.2) is 44.3 Å². The highest BCUT2D eigenvalue weighted by Gasteiger charge is 2.18. The first-order chi connectivity index (χ1) is 34.1. The molecule has 404 valence electrons. The number of oxazole rings is 1. The summed E-state index contributed by atoms with van der Waals surface area (Å²) in [5.74, 6) is -0.245. The van der Waals surface area contributed by atoms with Crippen LogP contribution in [-0.2, 0) is 43.0 Å².